The summed E-state index contributed by atoms with van der Waals surface area (Å²) >= 11 is 0. The van der Waals surface area contributed by atoms with Crippen LogP contribution >= 0.6 is 0 Å². The van der Waals surface area contributed by atoms with Crippen LogP contribution in [0.5, 0.6) is 0 Å². The van der Waals surface area contributed by atoms with Crippen molar-refractivity contribution in [3.63, 3.8) is 0 Å². The number of carbonyl (C=O) groups excluding carboxylic acids is 1. The van der Waals surface area contributed by atoms with Gasteiger partial charge in [-0.25, -0.2) is 5.48 Å². The maximum atomic E-state index is 10.5. The van der Waals surface area contributed by atoms with E-state index in [-0.39, 0.29) is 5.78 Å². The van der Waals surface area contributed by atoms with Crippen LogP contribution in [0.1, 0.15) is 39.0 Å². The molecule has 0 saturated carbocycles. The van der Waals surface area contributed by atoms with Crippen molar-refractivity contribution in [2.24, 2.45) is 0 Å². The summed E-state index contributed by atoms with van der Waals surface area (Å²) in [5, 5.41) is 8.21. The number of unbranched alkanes of at least 4 members (excludes halogenated alkanes) is 3. The average Bonchev–Trinajstić information content (AvgIpc) is 1.96. The highest BCUT2D eigenvalue weighted by atomic mass is 16.5. The van der Waals surface area contributed by atoms with Crippen molar-refractivity contribution in [1.29, 1.82) is 0 Å². The zero-order valence-corrected chi connectivity index (χ0v) is 7.10. The van der Waals surface area contributed by atoms with Gasteiger partial charge in [0, 0.05) is 13.0 Å². The Hall–Kier alpha value is -0.410. The fraction of sp³-hybridized carbons (Fsp3) is 0.875. The fourth-order valence-electron chi connectivity index (χ4n) is 0.932. The molecule has 11 heavy (non-hydrogen) atoms. The quantitative estimate of drug-likeness (QED) is 0.437. The Morgan fingerprint density at radius 1 is 1.27 bits per heavy atom. The van der Waals surface area contributed by atoms with Crippen LogP contribution in [0.3, 0.4) is 0 Å². The highest BCUT2D eigenvalue weighted by molar-refractivity contribution is 5.75. The van der Waals surface area contributed by atoms with E-state index in [4.69, 9.17) is 5.21 Å². The van der Waals surface area contributed by atoms with E-state index in [1.54, 1.807) is 6.92 Å². The fourth-order valence-corrected chi connectivity index (χ4v) is 0.932. The third-order valence-corrected chi connectivity index (χ3v) is 1.57. The normalized spacial score (nSPS) is 10.0. The number of Topliss-reactive ketones (excluding diaryl/α,β-unsaturated/α-hetero) is 1. The number of rotatable bonds is 7. The van der Waals surface area contributed by atoms with E-state index < -0.39 is 0 Å². The minimum absolute atomic E-state index is 0.269. The van der Waals surface area contributed by atoms with E-state index in [0.29, 0.717) is 13.0 Å². The highest BCUT2D eigenvalue weighted by Crippen LogP contribution is 2.02. The Labute approximate surface area is 67.8 Å². The molecule has 0 bridgehead atoms. The first-order chi connectivity index (χ1) is 5.27. The summed E-state index contributed by atoms with van der Waals surface area (Å²) in [6.07, 6.45) is 4.84. The van der Waals surface area contributed by atoms with E-state index >= 15 is 0 Å². The van der Waals surface area contributed by atoms with Gasteiger partial charge in [-0.1, -0.05) is 12.8 Å². The Balaban J connectivity index is 2.85. The highest BCUT2D eigenvalue weighted by Gasteiger charge is 1.93. The number of carbonyl (C=O) groups is 1. The van der Waals surface area contributed by atoms with Gasteiger partial charge in [-0.3, -0.25) is 0 Å². The molecule has 0 saturated heterocycles. The monoisotopic (exact) mass is 159 g/mol. The van der Waals surface area contributed by atoms with Gasteiger partial charge in [0.05, 0.1) is 0 Å². The number of nitrogens with one attached hydrogen (secondary N) is 1. The van der Waals surface area contributed by atoms with Crippen LogP contribution in [0.25, 0.3) is 0 Å². The zero-order valence-electron chi connectivity index (χ0n) is 7.10. The van der Waals surface area contributed by atoms with Crippen LogP contribution in [-0.2, 0) is 4.79 Å². The molecule has 0 aliphatic carbocycles. The molecule has 0 heterocycles. The van der Waals surface area contributed by atoms with Crippen LogP contribution in [-0.4, -0.2) is 17.5 Å². The summed E-state index contributed by atoms with van der Waals surface area (Å²) in [6.45, 7) is 2.27. The van der Waals surface area contributed by atoms with E-state index in [1.807, 2.05) is 0 Å². The molecule has 2 N–H and O–H groups in total. The molecule has 66 valence electrons. The summed E-state index contributed by atoms with van der Waals surface area (Å²) in [5.74, 6) is 0.269. The SMILES string of the molecule is CC(=O)CCCCCCNO. The van der Waals surface area contributed by atoms with Crippen molar-refractivity contribution in [2.45, 2.75) is 39.0 Å². The first kappa shape index (κ1) is 10.6. The average molecular weight is 159 g/mol. The molecule has 0 atom stereocenters. The molecule has 0 aliphatic heterocycles. The van der Waals surface area contributed by atoms with E-state index in [0.717, 1.165) is 25.7 Å². The molecule has 3 nitrogen and oxygen atoms in total. The predicted octanol–water partition coefficient (Wildman–Crippen LogP) is 1.50. The van der Waals surface area contributed by atoms with Crippen molar-refractivity contribution in [3.8, 4) is 0 Å². The molecule has 0 radical (unpaired) electrons. The minimum Gasteiger partial charge on any atom is -0.317 e. The molecule has 0 spiro atoms. The van der Waals surface area contributed by atoms with Crippen molar-refractivity contribution in [2.75, 3.05) is 6.54 Å². The second-order valence-electron chi connectivity index (χ2n) is 2.77. The number of ketones is 1. The molecule has 0 amide bonds. The first-order valence-electron chi connectivity index (χ1n) is 4.13. The maximum absolute atomic E-state index is 10.5. The summed E-state index contributed by atoms with van der Waals surface area (Å²) in [4.78, 5) is 10.5. The van der Waals surface area contributed by atoms with Crippen LogP contribution < -0.4 is 5.48 Å². The smallest absolute Gasteiger partial charge is 0.129 e. The topological polar surface area (TPSA) is 49.3 Å². The van der Waals surface area contributed by atoms with Gasteiger partial charge in [-0.15, -0.1) is 0 Å². The molecule has 0 unspecified atom stereocenters. The van der Waals surface area contributed by atoms with Gasteiger partial charge in [0.1, 0.15) is 5.78 Å². The van der Waals surface area contributed by atoms with Crippen molar-refractivity contribution in [1.82, 2.24) is 5.48 Å². The molecule has 0 aromatic heterocycles. The third-order valence-electron chi connectivity index (χ3n) is 1.57. The van der Waals surface area contributed by atoms with Gasteiger partial charge < -0.3 is 10.0 Å². The molecule has 0 aromatic rings. The van der Waals surface area contributed by atoms with E-state index in [2.05, 4.69) is 5.48 Å². The minimum atomic E-state index is 0.269. The number of hydrogen-bond donors (Lipinski definition) is 2. The third kappa shape index (κ3) is 9.59. The molecular formula is C8H17NO2. The predicted molar refractivity (Wildman–Crippen MR) is 43.6 cm³/mol. The summed E-state index contributed by atoms with van der Waals surface area (Å²) in [5.41, 5.74) is 2.10. The molecule has 0 aliphatic rings. The lowest BCUT2D eigenvalue weighted by molar-refractivity contribution is -0.117. The van der Waals surface area contributed by atoms with E-state index in [1.165, 1.54) is 0 Å². The maximum Gasteiger partial charge on any atom is 0.129 e. The molecular weight excluding hydrogens is 142 g/mol. The van der Waals surface area contributed by atoms with Crippen LogP contribution in [0, 0.1) is 0 Å². The second-order valence-corrected chi connectivity index (χ2v) is 2.77. The molecule has 0 fully saturated rings. The van der Waals surface area contributed by atoms with Gasteiger partial charge in [0.15, 0.2) is 0 Å². The van der Waals surface area contributed by atoms with Crippen LogP contribution in [0.2, 0.25) is 0 Å². The van der Waals surface area contributed by atoms with Crippen molar-refractivity contribution >= 4 is 5.78 Å². The molecule has 3 heteroatoms. The Morgan fingerprint density at radius 3 is 2.45 bits per heavy atom. The lowest BCUT2D eigenvalue weighted by Gasteiger charge is -1.98. The largest absolute Gasteiger partial charge is 0.317 e. The second kappa shape index (κ2) is 7.69. The molecule has 0 aromatic carbocycles. The first-order valence-corrected chi connectivity index (χ1v) is 4.13. The lowest BCUT2D eigenvalue weighted by atomic mass is 10.1. The van der Waals surface area contributed by atoms with Gasteiger partial charge in [-0.2, -0.15) is 0 Å². The van der Waals surface area contributed by atoms with Crippen LogP contribution in [0.4, 0.5) is 0 Å². The van der Waals surface area contributed by atoms with Gasteiger partial charge in [-0.05, 0) is 19.8 Å². The lowest BCUT2D eigenvalue weighted by Crippen LogP contribution is -2.08. The van der Waals surface area contributed by atoms with Gasteiger partial charge in [0.2, 0.25) is 0 Å². The Morgan fingerprint density at radius 2 is 1.91 bits per heavy atom. The summed E-state index contributed by atoms with van der Waals surface area (Å²) in [6, 6.07) is 0. The zero-order chi connectivity index (χ0) is 8.53. The van der Waals surface area contributed by atoms with Crippen molar-refractivity contribution < 1.29 is 10.0 Å². The van der Waals surface area contributed by atoms with E-state index in [9.17, 15) is 4.79 Å². The van der Waals surface area contributed by atoms with Crippen molar-refractivity contribution in [3.05, 3.63) is 0 Å². The number of hydrogen-bond acceptors (Lipinski definition) is 3. The van der Waals surface area contributed by atoms with Gasteiger partial charge >= 0.3 is 0 Å². The van der Waals surface area contributed by atoms with Crippen LogP contribution in [0.15, 0.2) is 0 Å². The summed E-state index contributed by atoms with van der Waals surface area (Å²) < 4.78 is 0. The number of hydroxylamine groups is 1. The van der Waals surface area contributed by atoms with Gasteiger partial charge in [0.25, 0.3) is 0 Å². The Bertz CT molecular complexity index is 104. The Kier molecular flexibility index (Phi) is 7.41. The molecule has 0 rings (SSSR count). The standard InChI is InChI=1S/C8H17NO2/c1-8(10)6-4-2-3-5-7-9-11/h9,11H,2-7H2,1H3. The summed E-state index contributed by atoms with van der Waals surface area (Å²) in [7, 11) is 0.